The zero-order valence-electron chi connectivity index (χ0n) is 13.5. The van der Waals surface area contributed by atoms with Crippen LogP contribution in [0, 0.1) is 13.8 Å². The fourth-order valence-corrected chi connectivity index (χ4v) is 2.34. The molecule has 0 radical (unpaired) electrons. The van der Waals surface area contributed by atoms with E-state index in [1.165, 1.54) is 49.8 Å². The van der Waals surface area contributed by atoms with Gasteiger partial charge in [-0.05, 0) is 69.5 Å². The summed E-state index contributed by atoms with van der Waals surface area (Å²) in [5.41, 5.74) is 2.55. The quantitative estimate of drug-likeness (QED) is 0.595. The fraction of sp³-hybridized carbons (Fsp3) is 0.667. The van der Waals surface area contributed by atoms with Crippen LogP contribution in [0.4, 0.5) is 0 Å². The summed E-state index contributed by atoms with van der Waals surface area (Å²) in [7, 11) is 0. The van der Waals surface area contributed by atoms with Gasteiger partial charge in [0.05, 0.1) is 6.61 Å². The Bertz CT molecular complexity index is 342. The molecule has 2 heteroatoms. The Hall–Kier alpha value is -1.02. The molecule has 0 fully saturated rings. The molecule has 0 amide bonds. The van der Waals surface area contributed by atoms with Gasteiger partial charge in [0.15, 0.2) is 0 Å². The number of benzene rings is 1. The molecule has 0 saturated heterocycles. The molecular weight excluding hydrogens is 246 g/mol. The molecule has 0 atom stereocenters. The van der Waals surface area contributed by atoms with Crippen molar-refractivity contribution >= 4 is 0 Å². The van der Waals surface area contributed by atoms with Crippen molar-refractivity contribution in [2.45, 2.75) is 59.3 Å². The van der Waals surface area contributed by atoms with Gasteiger partial charge in [0.25, 0.3) is 0 Å². The highest BCUT2D eigenvalue weighted by Gasteiger charge is 1.97. The topological polar surface area (TPSA) is 21.3 Å². The van der Waals surface area contributed by atoms with E-state index in [0.717, 1.165) is 25.3 Å². The second-order valence-electron chi connectivity index (χ2n) is 5.69. The van der Waals surface area contributed by atoms with Crippen molar-refractivity contribution in [3.63, 3.8) is 0 Å². The first kappa shape index (κ1) is 17.0. The third-order valence-corrected chi connectivity index (χ3v) is 3.42. The lowest BCUT2D eigenvalue weighted by molar-refractivity contribution is 0.304. The first-order valence-corrected chi connectivity index (χ1v) is 8.14. The molecule has 0 saturated carbocycles. The van der Waals surface area contributed by atoms with Crippen molar-refractivity contribution in [3.05, 3.63) is 29.3 Å². The van der Waals surface area contributed by atoms with Gasteiger partial charge in [-0.2, -0.15) is 0 Å². The van der Waals surface area contributed by atoms with E-state index in [0.29, 0.717) is 0 Å². The Morgan fingerprint density at radius 1 is 0.850 bits per heavy atom. The normalized spacial score (nSPS) is 10.8. The highest BCUT2D eigenvalue weighted by atomic mass is 16.5. The zero-order chi connectivity index (χ0) is 14.6. The van der Waals surface area contributed by atoms with Gasteiger partial charge in [0.1, 0.15) is 5.75 Å². The van der Waals surface area contributed by atoms with Crippen LogP contribution < -0.4 is 10.1 Å². The van der Waals surface area contributed by atoms with Gasteiger partial charge < -0.3 is 10.1 Å². The Balaban J connectivity index is 1.97. The van der Waals surface area contributed by atoms with Gasteiger partial charge in [0.2, 0.25) is 0 Å². The van der Waals surface area contributed by atoms with Gasteiger partial charge in [-0.15, -0.1) is 0 Å². The van der Waals surface area contributed by atoms with E-state index < -0.39 is 0 Å². The number of unbranched alkanes of at least 4 members (excludes halogenated alkanes) is 4. The first-order chi connectivity index (χ1) is 9.72. The number of nitrogens with one attached hydrogen (secondary N) is 1. The van der Waals surface area contributed by atoms with Crippen LogP contribution in [0.3, 0.4) is 0 Å². The lowest BCUT2D eigenvalue weighted by atomic mass is 10.1. The van der Waals surface area contributed by atoms with E-state index in [9.17, 15) is 0 Å². The highest BCUT2D eigenvalue weighted by molar-refractivity contribution is 5.32. The monoisotopic (exact) mass is 277 g/mol. The lowest BCUT2D eigenvalue weighted by Gasteiger charge is -2.08. The minimum absolute atomic E-state index is 0.839. The predicted octanol–water partition coefficient (Wildman–Crippen LogP) is 4.63. The second-order valence-corrected chi connectivity index (χ2v) is 5.69. The smallest absolute Gasteiger partial charge is 0.119 e. The minimum Gasteiger partial charge on any atom is -0.494 e. The van der Waals surface area contributed by atoms with Crippen molar-refractivity contribution in [2.75, 3.05) is 19.7 Å². The van der Waals surface area contributed by atoms with Gasteiger partial charge in [-0.25, -0.2) is 0 Å². The summed E-state index contributed by atoms with van der Waals surface area (Å²) in [5, 5.41) is 3.48. The number of ether oxygens (including phenoxy) is 1. The van der Waals surface area contributed by atoms with Crippen molar-refractivity contribution in [1.82, 2.24) is 5.32 Å². The molecule has 1 rings (SSSR count). The van der Waals surface area contributed by atoms with Gasteiger partial charge >= 0.3 is 0 Å². The van der Waals surface area contributed by atoms with Gasteiger partial charge in [-0.3, -0.25) is 0 Å². The maximum Gasteiger partial charge on any atom is 0.119 e. The van der Waals surface area contributed by atoms with Crippen LogP contribution in [-0.4, -0.2) is 19.7 Å². The summed E-state index contributed by atoms with van der Waals surface area (Å²) in [6.45, 7) is 9.64. The third kappa shape index (κ3) is 8.21. The average molecular weight is 277 g/mol. The largest absolute Gasteiger partial charge is 0.494 e. The number of hydrogen-bond donors (Lipinski definition) is 1. The van der Waals surface area contributed by atoms with E-state index >= 15 is 0 Å². The van der Waals surface area contributed by atoms with E-state index in [1.807, 2.05) is 0 Å². The van der Waals surface area contributed by atoms with E-state index in [1.54, 1.807) is 0 Å². The Kier molecular flexibility index (Phi) is 9.14. The molecular formula is C18H31NO. The van der Waals surface area contributed by atoms with Crippen LogP contribution >= 0.6 is 0 Å². The Morgan fingerprint density at radius 2 is 1.50 bits per heavy atom. The maximum absolute atomic E-state index is 5.81. The van der Waals surface area contributed by atoms with Crippen molar-refractivity contribution in [2.24, 2.45) is 0 Å². The molecule has 1 aromatic rings. The summed E-state index contributed by atoms with van der Waals surface area (Å²) in [4.78, 5) is 0. The van der Waals surface area contributed by atoms with Crippen LogP contribution in [0.25, 0.3) is 0 Å². The van der Waals surface area contributed by atoms with E-state index in [-0.39, 0.29) is 0 Å². The molecule has 0 unspecified atom stereocenters. The number of aryl methyl sites for hydroxylation is 2. The molecule has 0 aliphatic heterocycles. The molecule has 0 aliphatic carbocycles. The molecule has 0 heterocycles. The number of rotatable bonds is 11. The van der Waals surface area contributed by atoms with Gasteiger partial charge in [-0.1, -0.05) is 32.3 Å². The van der Waals surface area contributed by atoms with Crippen LogP contribution in [0.15, 0.2) is 18.2 Å². The fourth-order valence-electron chi connectivity index (χ4n) is 2.34. The maximum atomic E-state index is 5.81. The molecule has 0 spiro atoms. The van der Waals surface area contributed by atoms with Crippen molar-refractivity contribution in [3.8, 4) is 5.75 Å². The Labute approximate surface area is 124 Å². The minimum atomic E-state index is 0.839. The number of hydrogen-bond acceptors (Lipinski definition) is 2. The standard InChI is InChI=1S/C18H31NO/c1-4-5-10-19-11-8-6-7-9-12-20-18-14-16(2)13-17(3)15-18/h13-15,19H,4-12H2,1-3H3. The molecule has 1 aromatic carbocycles. The SMILES string of the molecule is CCCCNCCCCCCOc1cc(C)cc(C)c1. The molecule has 0 aliphatic rings. The van der Waals surface area contributed by atoms with Crippen LogP contribution in [0.1, 0.15) is 56.6 Å². The van der Waals surface area contributed by atoms with E-state index in [4.69, 9.17) is 4.74 Å². The predicted molar refractivity (Wildman–Crippen MR) is 87.7 cm³/mol. The summed E-state index contributed by atoms with van der Waals surface area (Å²) in [5.74, 6) is 1.02. The zero-order valence-corrected chi connectivity index (χ0v) is 13.5. The summed E-state index contributed by atoms with van der Waals surface area (Å²) in [6, 6.07) is 6.41. The lowest BCUT2D eigenvalue weighted by Crippen LogP contribution is -2.16. The molecule has 2 nitrogen and oxygen atoms in total. The second kappa shape index (κ2) is 10.7. The summed E-state index contributed by atoms with van der Waals surface area (Å²) >= 11 is 0. The van der Waals surface area contributed by atoms with Crippen LogP contribution in [0.5, 0.6) is 5.75 Å². The Morgan fingerprint density at radius 3 is 2.20 bits per heavy atom. The van der Waals surface area contributed by atoms with Gasteiger partial charge in [0, 0.05) is 0 Å². The third-order valence-electron chi connectivity index (χ3n) is 3.42. The summed E-state index contributed by atoms with van der Waals surface area (Å²) in [6.07, 6.45) is 7.58. The summed E-state index contributed by atoms with van der Waals surface area (Å²) < 4.78 is 5.81. The van der Waals surface area contributed by atoms with Crippen molar-refractivity contribution in [1.29, 1.82) is 0 Å². The van der Waals surface area contributed by atoms with E-state index in [2.05, 4.69) is 44.3 Å². The molecule has 114 valence electrons. The van der Waals surface area contributed by atoms with Crippen LogP contribution in [-0.2, 0) is 0 Å². The highest BCUT2D eigenvalue weighted by Crippen LogP contribution is 2.16. The molecule has 20 heavy (non-hydrogen) atoms. The van der Waals surface area contributed by atoms with Crippen LogP contribution in [0.2, 0.25) is 0 Å². The van der Waals surface area contributed by atoms with Crippen molar-refractivity contribution < 1.29 is 4.74 Å². The average Bonchev–Trinajstić information content (AvgIpc) is 2.40. The molecule has 1 N–H and O–H groups in total. The molecule has 0 aromatic heterocycles. The molecule has 0 bridgehead atoms. The first-order valence-electron chi connectivity index (χ1n) is 8.14.